The normalized spacial score (nSPS) is 10.7. The number of thiophene rings is 1. The van der Waals surface area contributed by atoms with Crippen LogP contribution in [0, 0.1) is 0 Å². The molecule has 2 aromatic heterocycles. The first-order valence-corrected chi connectivity index (χ1v) is 13.8. The molecule has 202 valence electrons. The predicted octanol–water partition coefficient (Wildman–Crippen LogP) is 6.05. The fourth-order valence-corrected chi connectivity index (χ4v) is 5.61. The Hall–Kier alpha value is -3.80. The molecule has 0 spiro atoms. The van der Waals surface area contributed by atoms with Crippen LogP contribution >= 0.6 is 34.7 Å². The zero-order valence-corrected chi connectivity index (χ0v) is 23.8. The summed E-state index contributed by atoms with van der Waals surface area (Å²) in [7, 11) is 4.43. The number of benzene rings is 2. The minimum absolute atomic E-state index is 0.0377. The van der Waals surface area contributed by atoms with Crippen molar-refractivity contribution in [1.82, 2.24) is 14.8 Å². The maximum atomic E-state index is 12.9. The highest BCUT2D eigenvalue weighted by molar-refractivity contribution is 7.99. The molecule has 0 aliphatic heterocycles. The van der Waals surface area contributed by atoms with Crippen LogP contribution in [0.4, 0.5) is 5.00 Å². The molecule has 4 rings (SSSR count). The van der Waals surface area contributed by atoms with Crippen molar-refractivity contribution in [2.24, 2.45) is 0 Å². The molecule has 1 amide bonds. The number of rotatable bonds is 11. The SMILES string of the molecule is C=CCn1c(SCC(=O)Nc2scc(-c3ccc(Cl)cc3)c2C(=O)OC)nnc1-c1ccc(OC)c(OC)c1. The molecule has 12 heteroatoms. The van der Waals surface area contributed by atoms with E-state index in [2.05, 4.69) is 22.1 Å². The van der Waals surface area contributed by atoms with Gasteiger partial charge in [-0.3, -0.25) is 9.36 Å². The molecule has 2 aromatic carbocycles. The first-order chi connectivity index (χ1) is 18.9. The maximum Gasteiger partial charge on any atom is 0.341 e. The fourth-order valence-electron chi connectivity index (χ4n) is 3.77. The van der Waals surface area contributed by atoms with Crippen LogP contribution in [0.1, 0.15) is 10.4 Å². The third-order valence-corrected chi connectivity index (χ3v) is 7.71. The number of esters is 1. The van der Waals surface area contributed by atoms with Crippen LogP contribution in [0.2, 0.25) is 5.02 Å². The van der Waals surface area contributed by atoms with Crippen molar-refractivity contribution in [1.29, 1.82) is 0 Å². The van der Waals surface area contributed by atoms with Gasteiger partial charge in [-0.15, -0.1) is 28.1 Å². The van der Waals surface area contributed by atoms with Gasteiger partial charge in [0.25, 0.3) is 0 Å². The summed E-state index contributed by atoms with van der Waals surface area (Å²) in [6.07, 6.45) is 1.73. The van der Waals surface area contributed by atoms with Crippen molar-refractivity contribution in [3.05, 3.63) is 71.1 Å². The summed E-state index contributed by atoms with van der Waals surface area (Å²) in [5.74, 6) is 0.937. The second kappa shape index (κ2) is 12.8. The van der Waals surface area contributed by atoms with Gasteiger partial charge >= 0.3 is 5.97 Å². The molecule has 4 aromatic rings. The molecular weight excluding hydrogens is 560 g/mol. The van der Waals surface area contributed by atoms with E-state index in [0.29, 0.717) is 44.6 Å². The number of hydrogen-bond donors (Lipinski definition) is 1. The lowest BCUT2D eigenvalue weighted by atomic mass is 10.0. The highest BCUT2D eigenvalue weighted by Gasteiger charge is 2.23. The first kappa shape index (κ1) is 28.2. The van der Waals surface area contributed by atoms with Crippen LogP contribution < -0.4 is 14.8 Å². The van der Waals surface area contributed by atoms with Crippen molar-refractivity contribution in [3.8, 4) is 34.0 Å². The number of nitrogens with one attached hydrogen (secondary N) is 1. The standard InChI is InChI=1S/C27H25ClN4O5S2/c1-5-12-32-24(17-8-11-20(35-2)21(13-17)36-3)30-31-27(32)39-15-22(33)29-25-23(26(34)37-4)19(14-38-25)16-6-9-18(28)10-7-16/h5-11,13-14H,1,12,15H2,2-4H3,(H,29,33). The number of aromatic nitrogens is 3. The highest BCUT2D eigenvalue weighted by Crippen LogP contribution is 2.37. The van der Waals surface area contributed by atoms with E-state index in [1.165, 1.54) is 30.2 Å². The van der Waals surface area contributed by atoms with Gasteiger partial charge in [0.1, 0.15) is 10.6 Å². The molecule has 0 unspecified atom stereocenters. The van der Waals surface area contributed by atoms with Gasteiger partial charge in [0.2, 0.25) is 5.91 Å². The molecule has 1 N–H and O–H groups in total. The number of ether oxygens (including phenoxy) is 3. The molecule has 0 fully saturated rings. The lowest BCUT2D eigenvalue weighted by Gasteiger charge is -2.11. The van der Waals surface area contributed by atoms with E-state index in [1.54, 1.807) is 56.0 Å². The van der Waals surface area contributed by atoms with E-state index in [1.807, 2.05) is 16.7 Å². The van der Waals surface area contributed by atoms with Gasteiger partial charge in [-0.1, -0.05) is 41.6 Å². The van der Waals surface area contributed by atoms with Gasteiger partial charge in [-0.2, -0.15) is 0 Å². The summed E-state index contributed by atoms with van der Waals surface area (Å²) < 4.78 is 17.6. The highest BCUT2D eigenvalue weighted by atomic mass is 35.5. The third kappa shape index (κ3) is 6.27. The average molecular weight is 585 g/mol. The Labute approximate surface area is 238 Å². The van der Waals surface area contributed by atoms with Crippen LogP contribution in [-0.2, 0) is 16.1 Å². The molecule has 0 aliphatic rings. The average Bonchev–Trinajstić information content (AvgIpc) is 3.55. The Morgan fingerprint density at radius 1 is 1.08 bits per heavy atom. The van der Waals surface area contributed by atoms with Crippen molar-refractivity contribution in [2.75, 3.05) is 32.4 Å². The number of anilines is 1. The van der Waals surface area contributed by atoms with E-state index < -0.39 is 5.97 Å². The lowest BCUT2D eigenvalue weighted by Crippen LogP contribution is -2.16. The Balaban J connectivity index is 1.53. The molecule has 39 heavy (non-hydrogen) atoms. The summed E-state index contributed by atoms with van der Waals surface area (Å²) in [5.41, 5.74) is 2.49. The van der Waals surface area contributed by atoms with Crippen LogP contribution in [-0.4, -0.2) is 53.7 Å². The Kier molecular flexibility index (Phi) is 9.28. The van der Waals surface area contributed by atoms with Gasteiger partial charge < -0.3 is 19.5 Å². The quantitative estimate of drug-likeness (QED) is 0.129. The molecule has 0 bridgehead atoms. The van der Waals surface area contributed by atoms with E-state index in [-0.39, 0.29) is 17.2 Å². The molecule has 9 nitrogen and oxygen atoms in total. The monoisotopic (exact) mass is 584 g/mol. The molecule has 0 radical (unpaired) electrons. The van der Waals surface area contributed by atoms with E-state index in [0.717, 1.165) is 11.1 Å². The Morgan fingerprint density at radius 3 is 2.46 bits per heavy atom. The first-order valence-electron chi connectivity index (χ1n) is 11.5. The number of allylic oxidation sites excluding steroid dienone is 1. The maximum absolute atomic E-state index is 12.9. The number of carbonyl (C=O) groups excluding carboxylic acids is 2. The molecule has 0 atom stereocenters. The number of thioether (sulfide) groups is 1. The van der Waals surface area contributed by atoms with Gasteiger partial charge in [0.05, 0.1) is 27.1 Å². The smallest absolute Gasteiger partial charge is 0.341 e. The summed E-state index contributed by atoms with van der Waals surface area (Å²) in [4.78, 5) is 25.5. The van der Waals surface area contributed by atoms with Crippen molar-refractivity contribution >= 4 is 51.6 Å². The van der Waals surface area contributed by atoms with Crippen LogP contribution in [0.25, 0.3) is 22.5 Å². The van der Waals surface area contributed by atoms with Gasteiger partial charge in [-0.25, -0.2) is 4.79 Å². The van der Waals surface area contributed by atoms with Crippen LogP contribution in [0.5, 0.6) is 11.5 Å². The van der Waals surface area contributed by atoms with E-state index in [4.69, 9.17) is 25.8 Å². The van der Waals surface area contributed by atoms with Gasteiger partial charge in [0.15, 0.2) is 22.5 Å². The molecule has 0 saturated heterocycles. The number of halogens is 1. The summed E-state index contributed by atoms with van der Waals surface area (Å²) >= 11 is 8.47. The zero-order chi connectivity index (χ0) is 27.9. The van der Waals surface area contributed by atoms with Crippen LogP contribution in [0.3, 0.4) is 0 Å². The van der Waals surface area contributed by atoms with Crippen molar-refractivity contribution in [2.45, 2.75) is 11.7 Å². The number of methoxy groups -OCH3 is 3. The molecule has 0 aliphatic carbocycles. The summed E-state index contributed by atoms with van der Waals surface area (Å²) in [6.45, 7) is 4.26. The molecule has 0 saturated carbocycles. The number of hydrogen-bond acceptors (Lipinski definition) is 9. The zero-order valence-electron chi connectivity index (χ0n) is 21.4. The second-order valence-corrected chi connectivity index (χ2v) is 10.2. The minimum Gasteiger partial charge on any atom is -0.493 e. The van der Waals surface area contributed by atoms with E-state index in [9.17, 15) is 9.59 Å². The third-order valence-electron chi connectivity index (χ3n) is 5.59. The van der Waals surface area contributed by atoms with Crippen molar-refractivity contribution in [3.63, 3.8) is 0 Å². The Morgan fingerprint density at radius 2 is 1.79 bits per heavy atom. The van der Waals surface area contributed by atoms with Crippen LogP contribution in [0.15, 0.2) is 65.7 Å². The van der Waals surface area contributed by atoms with Crippen molar-refractivity contribution < 1.29 is 23.8 Å². The van der Waals surface area contributed by atoms with Gasteiger partial charge in [-0.05, 0) is 35.9 Å². The second-order valence-electron chi connectivity index (χ2n) is 7.96. The minimum atomic E-state index is -0.547. The molecular formula is C27H25ClN4O5S2. The van der Waals surface area contributed by atoms with E-state index >= 15 is 0 Å². The number of carbonyl (C=O) groups is 2. The largest absolute Gasteiger partial charge is 0.493 e. The number of nitrogens with zero attached hydrogens (tertiary/aromatic N) is 3. The van der Waals surface area contributed by atoms with Gasteiger partial charge in [0, 0.05) is 28.1 Å². The lowest BCUT2D eigenvalue weighted by molar-refractivity contribution is -0.113. The predicted molar refractivity (Wildman–Crippen MR) is 154 cm³/mol. The molecule has 2 heterocycles. The fraction of sp³-hybridized carbons (Fsp3) is 0.185. The number of amides is 1. The topological polar surface area (TPSA) is 105 Å². The summed E-state index contributed by atoms with van der Waals surface area (Å²) in [6, 6.07) is 12.5. The summed E-state index contributed by atoms with van der Waals surface area (Å²) in [5, 5.41) is 14.8. The Bertz CT molecular complexity index is 1500.